The van der Waals surface area contributed by atoms with E-state index in [9.17, 15) is 5.11 Å². The zero-order valence-electron chi connectivity index (χ0n) is 12.5. The lowest BCUT2D eigenvalue weighted by Crippen LogP contribution is -2.32. The molecular formula is C16H24O4. The van der Waals surface area contributed by atoms with Crippen molar-refractivity contribution in [2.75, 3.05) is 20.8 Å². The van der Waals surface area contributed by atoms with Gasteiger partial charge >= 0.3 is 0 Å². The summed E-state index contributed by atoms with van der Waals surface area (Å²) in [4.78, 5) is 0. The van der Waals surface area contributed by atoms with Crippen molar-refractivity contribution in [3.8, 4) is 11.5 Å². The summed E-state index contributed by atoms with van der Waals surface area (Å²) in [7, 11) is 3.23. The minimum Gasteiger partial charge on any atom is -0.497 e. The lowest BCUT2D eigenvalue weighted by atomic mass is 9.78. The monoisotopic (exact) mass is 280 g/mol. The summed E-state index contributed by atoms with van der Waals surface area (Å²) in [6.07, 6.45) is 2.73. The Bertz CT molecular complexity index is 426. The quantitative estimate of drug-likeness (QED) is 0.834. The smallest absolute Gasteiger partial charge is 0.128 e. The maximum atomic E-state index is 10.4. The van der Waals surface area contributed by atoms with E-state index in [2.05, 4.69) is 0 Å². The van der Waals surface area contributed by atoms with E-state index in [0.29, 0.717) is 17.8 Å². The number of benzene rings is 1. The van der Waals surface area contributed by atoms with Gasteiger partial charge in [0, 0.05) is 18.2 Å². The number of hydrogen-bond donors (Lipinski definition) is 1. The number of methoxy groups -OCH3 is 2. The molecule has 0 aromatic heterocycles. The lowest BCUT2D eigenvalue weighted by Gasteiger charge is -2.36. The third-order valence-corrected chi connectivity index (χ3v) is 3.95. The third kappa shape index (κ3) is 3.44. The van der Waals surface area contributed by atoms with Crippen molar-refractivity contribution in [2.45, 2.75) is 38.4 Å². The second kappa shape index (κ2) is 6.95. The molecule has 1 aliphatic rings. The number of rotatable bonds is 7. The van der Waals surface area contributed by atoms with Crippen LogP contribution in [0.4, 0.5) is 0 Å². The largest absolute Gasteiger partial charge is 0.497 e. The normalized spacial score (nSPS) is 23.0. The molecule has 1 unspecified atom stereocenters. The number of aliphatic hydroxyl groups is 1. The maximum absolute atomic E-state index is 10.4. The molecule has 1 aromatic carbocycles. The van der Waals surface area contributed by atoms with Crippen molar-refractivity contribution < 1.29 is 19.3 Å². The molecule has 0 amide bonds. The van der Waals surface area contributed by atoms with Crippen molar-refractivity contribution in [3.63, 3.8) is 0 Å². The van der Waals surface area contributed by atoms with Crippen LogP contribution in [0.15, 0.2) is 18.2 Å². The molecule has 1 fully saturated rings. The molecule has 112 valence electrons. The maximum Gasteiger partial charge on any atom is 0.128 e. The molecule has 4 heteroatoms. The zero-order valence-corrected chi connectivity index (χ0v) is 12.5. The van der Waals surface area contributed by atoms with Gasteiger partial charge in [-0.15, -0.1) is 0 Å². The summed E-state index contributed by atoms with van der Waals surface area (Å²) >= 11 is 0. The average Bonchev–Trinajstić information content (AvgIpc) is 2.44. The first-order valence-electron chi connectivity index (χ1n) is 7.19. The van der Waals surface area contributed by atoms with Crippen LogP contribution in [-0.2, 0) is 4.74 Å². The van der Waals surface area contributed by atoms with Gasteiger partial charge in [-0.1, -0.05) is 0 Å². The van der Waals surface area contributed by atoms with E-state index in [-0.39, 0.29) is 0 Å². The van der Waals surface area contributed by atoms with Gasteiger partial charge in [0.15, 0.2) is 0 Å². The fourth-order valence-electron chi connectivity index (χ4n) is 2.78. The standard InChI is InChI=1S/C16H24O4/c1-4-20-13-7-11(8-13)9-15(17)14-6-5-12(18-2)10-16(14)19-3/h5-6,10-11,13,15,17H,4,7-9H2,1-3H3. The van der Waals surface area contributed by atoms with E-state index in [0.717, 1.165) is 37.2 Å². The van der Waals surface area contributed by atoms with Gasteiger partial charge in [-0.25, -0.2) is 0 Å². The van der Waals surface area contributed by atoms with Gasteiger partial charge in [0.1, 0.15) is 11.5 Å². The Hall–Kier alpha value is -1.26. The Labute approximate surface area is 120 Å². The van der Waals surface area contributed by atoms with Crippen LogP contribution in [0.1, 0.15) is 37.9 Å². The highest BCUT2D eigenvalue weighted by Crippen LogP contribution is 2.39. The average molecular weight is 280 g/mol. The number of ether oxygens (including phenoxy) is 3. The Kier molecular flexibility index (Phi) is 5.26. The fraction of sp³-hybridized carbons (Fsp3) is 0.625. The van der Waals surface area contributed by atoms with Crippen molar-refractivity contribution in [1.82, 2.24) is 0 Å². The Morgan fingerprint density at radius 1 is 1.25 bits per heavy atom. The van der Waals surface area contributed by atoms with Gasteiger partial charge in [0.25, 0.3) is 0 Å². The second-order valence-electron chi connectivity index (χ2n) is 5.27. The highest BCUT2D eigenvalue weighted by molar-refractivity contribution is 5.42. The summed E-state index contributed by atoms with van der Waals surface area (Å²) in [6, 6.07) is 5.54. The van der Waals surface area contributed by atoms with Crippen molar-refractivity contribution >= 4 is 0 Å². The van der Waals surface area contributed by atoms with Crippen LogP contribution in [0.25, 0.3) is 0 Å². The minimum absolute atomic E-state index is 0.384. The van der Waals surface area contributed by atoms with Crippen LogP contribution in [-0.4, -0.2) is 32.0 Å². The Balaban J connectivity index is 1.94. The lowest BCUT2D eigenvalue weighted by molar-refractivity contribution is -0.0381. The first-order valence-corrected chi connectivity index (χ1v) is 7.19. The Morgan fingerprint density at radius 2 is 2.00 bits per heavy atom. The van der Waals surface area contributed by atoms with Gasteiger partial charge < -0.3 is 19.3 Å². The molecule has 1 aliphatic carbocycles. The summed E-state index contributed by atoms with van der Waals surface area (Å²) in [5, 5.41) is 10.4. The minimum atomic E-state index is -0.497. The zero-order chi connectivity index (χ0) is 14.5. The molecule has 4 nitrogen and oxygen atoms in total. The van der Waals surface area contributed by atoms with Crippen LogP contribution < -0.4 is 9.47 Å². The van der Waals surface area contributed by atoms with Crippen molar-refractivity contribution in [3.05, 3.63) is 23.8 Å². The summed E-state index contributed by atoms with van der Waals surface area (Å²) < 4.78 is 16.1. The van der Waals surface area contributed by atoms with Crippen LogP contribution in [0, 0.1) is 5.92 Å². The predicted octanol–water partition coefficient (Wildman–Crippen LogP) is 2.94. The summed E-state index contributed by atoms with van der Waals surface area (Å²) in [5.74, 6) is 1.95. The van der Waals surface area contributed by atoms with Crippen molar-refractivity contribution in [2.24, 2.45) is 5.92 Å². The van der Waals surface area contributed by atoms with Crippen molar-refractivity contribution in [1.29, 1.82) is 0 Å². The molecule has 0 heterocycles. The highest BCUT2D eigenvalue weighted by Gasteiger charge is 2.31. The molecule has 2 rings (SSSR count). The van der Waals surface area contributed by atoms with E-state index in [1.54, 1.807) is 14.2 Å². The molecule has 1 N–H and O–H groups in total. The molecule has 20 heavy (non-hydrogen) atoms. The third-order valence-electron chi connectivity index (χ3n) is 3.95. The topological polar surface area (TPSA) is 47.9 Å². The molecule has 0 radical (unpaired) electrons. The molecule has 0 saturated heterocycles. The molecule has 1 saturated carbocycles. The van der Waals surface area contributed by atoms with Gasteiger partial charge in [0.2, 0.25) is 0 Å². The van der Waals surface area contributed by atoms with Crippen LogP contribution >= 0.6 is 0 Å². The van der Waals surface area contributed by atoms with Gasteiger partial charge in [-0.2, -0.15) is 0 Å². The molecule has 0 bridgehead atoms. The SMILES string of the molecule is CCOC1CC(CC(O)c2ccc(OC)cc2OC)C1. The van der Waals surface area contributed by atoms with Gasteiger partial charge in [-0.3, -0.25) is 0 Å². The van der Waals surface area contributed by atoms with Gasteiger partial charge in [-0.05, 0) is 44.2 Å². The molecule has 0 aliphatic heterocycles. The summed E-state index contributed by atoms with van der Waals surface area (Å²) in [6.45, 7) is 2.79. The second-order valence-corrected chi connectivity index (χ2v) is 5.27. The van der Waals surface area contributed by atoms with E-state index in [4.69, 9.17) is 14.2 Å². The van der Waals surface area contributed by atoms with E-state index >= 15 is 0 Å². The van der Waals surface area contributed by atoms with Crippen LogP contribution in [0.3, 0.4) is 0 Å². The number of aliphatic hydroxyl groups excluding tert-OH is 1. The van der Waals surface area contributed by atoms with E-state index in [1.165, 1.54) is 0 Å². The predicted molar refractivity (Wildman–Crippen MR) is 77.3 cm³/mol. The molecular weight excluding hydrogens is 256 g/mol. The molecule has 0 spiro atoms. The van der Waals surface area contributed by atoms with Crippen LogP contribution in [0.2, 0.25) is 0 Å². The molecule has 1 atom stereocenters. The van der Waals surface area contributed by atoms with E-state index in [1.807, 2.05) is 25.1 Å². The van der Waals surface area contributed by atoms with Gasteiger partial charge in [0.05, 0.1) is 26.4 Å². The summed E-state index contributed by atoms with van der Waals surface area (Å²) in [5.41, 5.74) is 0.827. The Morgan fingerprint density at radius 3 is 2.60 bits per heavy atom. The first-order chi connectivity index (χ1) is 9.67. The van der Waals surface area contributed by atoms with Crippen LogP contribution in [0.5, 0.6) is 11.5 Å². The first kappa shape index (κ1) is 15.1. The molecule has 1 aromatic rings. The highest BCUT2D eigenvalue weighted by atomic mass is 16.5. The fourth-order valence-corrected chi connectivity index (χ4v) is 2.78. The number of hydrogen-bond acceptors (Lipinski definition) is 4. The van der Waals surface area contributed by atoms with E-state index < -0.39 is 6.10 Å².